The maximum absolute atomic E-state index is 14.0. The van der Waals surface area contributed by atoms with Crippen LogP contribution in [0.4, 0.5) is 39.5 Å². The van der Waals surface area contributed by atoms with Gasteiger partial charge in [-0.15, -0.1) is 0 Å². The average molecular weight is 516 g/mol. The Morgan fingerprint density at radius 1 is 0.571 bits per heavy atom. The Labute approximate surface area is 196 Å². The summed E-state index contributed by atoms with van der Waals surface area (Å²) in [6.45, 7) is 0.659. The van der Waals surface area contributed by atoms with Gasteiger partial charge in [0.05, 0.1) is 6.61 Å². The number of unbranched alkanes of at least 4 members (excludes halogenated alkanes) is 5. The molecule has 0 aliphatic rings. The Hall–Kier alpha value is -2.43. The SMILES string of the molecule is OCCCCCCCCOc1ccc(-c2ccc(C(F)(F)C(F)(F)C(F)(F)C(F)(F)F)cc2)cc1. The number of ether oxygens (including phenoxy) is 1. The van der Waals surface area contributed by atoms with Crippen molar-refractivity contribution in [3.63, 3.8) is 0 Å². The summed E-state index contributed by atoms with van der Waals surface area (Å²) in [4.78, 5) is 0. The fraction of sp³-hybridized carbons (Fsp3) is 0.500. The first-order valence-electron chi connectivity index (χ1n) is 10.9. The summed E-state index contributed by atoms with van der Waals surface area (Å²) in [5, 5.41) is 8.71. The van der Waals surface area contributed by atoms with Gasteiger partial charge >= 0.3 is 23.9 Å². The highest BCUT2D eigenvalue weighted by atomic mass is 19.4. The standard InChI is InChI=1S/C24H25F9O2/c25-21(26,22(27,28)23(29,30)24(31,32)33)19-11-7-17(8-12-19)18-9-13-20(14-10-18)35-16-6-4-2-1-3-5-15-34/h7-14,34H,1-6,15-16H2. The molecule has 2 aromatic carbocycles. The van der Waals surface area contributed by atoms with Gasteiger partial charge in [-0.05, 0) is 36.1 Å². The first kappa shape index (κ1) is 28.8. The van der Waals surface area contributed by atoms with Crippen LogP contribution in [0.3, 0.4) is 0 Å². The smallest absolute Gasteiger partial charge is 0.460 e. The zero-order valence-electron chi connectivity index (χ0n) is 18.5. The summed E-state index contributed by atoms with van der Waals surface area (Å²) in [6.07, 6.45) is -1.25. The van der Waals surface area contributed by atoms with E-state index < -0.39 is 29.5 Å². The summed E-state index contributed by atoms with van der Waals surface area (Å²) in [6, 6.07) is 8.94. The number of halogens is 9. The van der Waals surface area contributed by atoms with Crippen LogP contribution in [0.1, 0.15) is 44.1 Å². The number of aliphatic hydroxyl groups excluding tert-OH is 1. The van der Waals surface area contributed by atoms with E-state index in [0.717, 1.165) is 50.7 Å². The second-order valence-corrected chi connectivity index (χ2v) is 8.02. The second-order valence-electron chi connectivity index (χ2n) is 8.02. The lowest BCUT2D eigenvalue weighted by atomic mass is 9.95. The molecule has 2 rings (SSSR count). The molecular formula is C24H25F9O2. The van der Waals surface area contributed by atoms with Crippen LogP contribution in [0.2, 0.25) is 0 Å². The van der Waals surface area contributed by atoms with Gasteiger partial charge in [0, 0.05) is 12.2 Å². The molecule has 0 saturated heterocycles. The molecule has 0 bridgehead atoms. The molecule has 0 amide bonds. The molecule has 0 spiro atoms. The summed E-state index contributed by atoms with van der Waals surface area (Å²) >= 11 is 0. The van der Waals surface area contributed by atoms with Gasteiger partial charge in [0.1, 0.15) is 5.75 Å². The van der Waals surface area contributed by atoms with Crippen molar-refractivity contribution in [1.29, 1.82) is 0 Å². The first-order chi connectivity index (χ1) is 16.3. The van der Waals surface area contributed by atoms with E-state index in [9.17, 15) is 39.5 Å². The van der Waals surface area contributed by atoms with Crippen molar-refractivity contribution in [2.45, 2.75) is 62.5 Å². The van der Waals surface area contributed by atoms with Crippen LogP contribution in [0.25, 0.3) is 11.1 Å². The van der Waals surface area contributed by atoms with Crippen molar-refractivity contribution in [2.24, 2.45) is 0 Å². The highest BCUT2D eigenvalue weighted by Gasteiger charge is 2.81. The zero-order chi connectivity index (χ0) is 26.3. The van der Waals surface area contributed by atoms with Gasteiger partial charge in [-0.1, -0.05) is 62.1 Å². The minimum Gasteiger partial charge on any atom is -0.494 e. The van der Waals surface area contributed by atoms with Crippen LogP contribution in [-0.2, 0) is 5.92 Å². The monoisotopic (exact) mass is 516 g/mol. The van der Waals surface area contributed by atoms with Gasteiger partial charge < -0.3 is 9.84 Å². The van der Waals surface area contributed by atoms with Crippen molar-refractivity contribution < 1.29 is 49.4 Å². The molecule has 196 valence electrons. The molecule has 35 heavy (non-hydrogen) atoms. The van der Waals surface area contributed by atoms with Gasteiger partial charge in [-0.2, -0.15) is 39.5 Å². The molecule has 0 aliphatic heterocycles. The number of aliphatic hydroxyl groups is 1. The number of alkyl halides is 9. The third-order valence-corrected chi connectivity index (χ3v) is 5.40. The minimum absolute atomic E-state index is 0.187. The predicted molar refractivity (Wildman–Crippen MR) is 112 cm³/mol. The normalized spacial score (nSPS) is 13.2. The lowest BCUT2D eigenvalue weighted by Gasteiger charge is -2.33. The first-order valence-corrected chi connectivity index (χ1v) is 10.9. The van der Waals surface area contributed by atoms with Crippen LogP contribution in [0.5, 0.6) is 5.75 Å². The van der Waals surface area contributed by atoms with E-state index in [2.05, 4.69) is 0 Å². The number of hydrogen-bond acceptors (Lipinski definition) is 2. The molecule has 11 heteroatoms. The molecule has 0 radical (unpaired) electrons. The fourth-order valence-electron chi connectivity index (χ4n) is 3.28. The van der Waals surface area contributed by atoms with Gasteiger partial charge in [0.15, 0.2) is 0 Å². The number of rotatable bonds is 13. The molecule has 0 fully saturated rings. The highest BCUT2D eigenvalue weighted by Crippen LogP contribution is 2.56. The Morgan fingerprint density at radius 3 is 1.51 bits per heavy atom. The highest BCUT2D eigenvalue weighted by molar-refractivity contribution is 5.64. The van der Waals surface area contributed by atoms with Crippen molar-refractivity contribution in [2.75, 3.05) is 13.2 Å². The molecule has 0 saturated carbocycles. The van der Waals surface area contributed by atoms with E-state index >= 15 is 0 Å². The molecular weight excluding hydrogens is 491 g/mol. The number of hydrogen-bond donors (Lipinski definition) is 1. The lowest BCUT2D eigenvalue weighted by molar-refractivity contribution is -0.399. The van der Waals surface area contributed by atoms with Gasteiger partial charge in [0.2, 0.25) is 0 Å². The maximum atomic E-state index is 14.0. The third-order valence-electron chi connectivity index (χ3n) is 5.40. The van der Waals surface area contributed by atoms with Crippen molar-refractivity contribution in [3.05, 3.63) is 54.1 Å². The van der Waals surface area contributed by atoms with Crippen LogP contribution in [0.15, 0.2) is 48.5 Å². The lowest BCUT2D eigenvalue weighted by Crippen LogP contribution is -2.59. The largest absolute Gasteiger partial charge is 0.494 e. The molecule has 0 unspecified atom stereocenters. The summed E-state index contributed by atoms with van der Waals surface area (Å²) in [5.74, 6) is -18.9. The van der Waals surface area contributed by atoms with E-state index in [1.54, 1.807) is 24.3 Å². The maximum Gasteiger partial charge on any atom is 0.460 e. The molecule has 2 nitrogen and oxygen atoms in total. The van der Waals surface area contributed by atoms with E-state index in [4.69, 9.17) is 9.84 Å². The van der Waals surface area contributed by atoms with E-state index in [-0.39, 0.29) is 12.2 Å². The van der Waals surface area contributed by atoms with Gasteiger partial charge in [0.25, 0.3) is 0 Å². The summed E-state index contributed by atoms with van der Waals surface area (Å²) in [7, 11) is 0. The topological polar surface area (TPSA) is 29.5 Å². The van der Waals surface area contributed by atoms with Crippen LogP contribution in [0, 0.1) is 0 Å². The van der Waals surface area contributed by atoms with E-state index in [0.29, 0.717) is 30.1 Å². The Kier molecular flexibility index (Phi) is 9.49. The molecule has 0 aromatic heterocycles. The zero-order valence-corrected chi connectivity index (χ0v) is 18.5. The van der Waals surface area contributed by atoms with Crippen molar-refractivity contribution >= 4 is 0 Å². The third kappa shape index (κ3) is 6.62. The van der Waals surface area contributed by atoms with Crippen LogP contribution >= 0.6 is 0 Å². The summed E-state index contributed by atoms with van der Waals surface area (Å²) in [5.41, 5.74) is -0.958. The Bertz CT molecular complexity index is 908. The second kappa shape index (κ2) is 11.5. The number of benzene rings is 2. The van der Waals surface area contributed by atoms with E-state index in [1.807, 2.05) is 0 Å². The van der Waals surface area contributed by atoms with Crippen molar-refractivity contribution in [3.8, 4) is 16.9 Å². The molecule has 0 heterocycles. The van der Waals surface area contributed by atoms with E-state index in [1.165, 1.54) is 0 Å². The molecule has 0 aliphatic carbocycles. The van der Waals surface area contributed by atoms with Gasteiger partial charge in [-0.3, -0.25) is 0 Å². The Balaban J connectivity index is 2.00. The fourth-order valence-corrected chi connectivity index (χ4v) is 3.28. The van der Waals surface area contributed by atoms with Gasteiger partial charge in [-0.25, -0.2) is 0 Å². The summed E-state index contributed by atoms with van der Waals surface area (Å²) < 4.78 is 124. The molecule has 0 atom stereocenters. The Morgan fingerprint density at radius 2 is 1.03 bits per heavy atom. The molecule has 1 N–H and O–H groups in total. The van der Waals surface area contributed by atoms with Crippen LogP contribution < -0.4 is 4.74 Å². The van der Waals surface area contributed by atoms with Crippen LogP contribution in [-0.4, -0.2) is 36.3 Å². The predicted octanol–water partition coefficient (Wildman–Crippen LogP) is 7.99. The minimum atomic E-state index is -6.93. The average Bonchev–Trinajstić information content (AvgIpc) is 2.80. The van der Waals surface area contributed by atoms with Crippen molar-refractivity contribution in [1.82, 2.24) is 0 Å². The molecule has 2 aromatic rings. The quantitative estimate of drug-likeness (QED) is 0.216.